The van der Waals surface area contributed by atoms with E-state index in [0.29, 0.717) is 5.03 Å². The first-order chi connectivity index (χ1) is 9.20. The monoisotopic (exact) mass is 291 g/mol. The zero-order valence-corrected chi connectivity index (χ0v) is 11.4. The topological polar surface area (TPSA) is 88.5 Å². The first kappa shape index (κ1) is 13.6. The lowest BCUT2D eigenvalue weighted by Gasteiger charge is -2.05. The van der Waals surface area contributed by atoms with E-state index in [0.717, 1.165) is 17.9 Å². The minimum absolute atomic E-state index is 0.0735. The number of nitrogens with two attached hydrogens (primary N) is 1. The summed E-state index contributed by atoms with van der Waals surface area (Å²) in [6.45, 7) is 0. The van der Waals surface area contributed by atoms with Crippen molar-refractivity contribution >= 4 is 29.3 Å². The molecular formula is C12H10ClN5S. The number of aryl methyl sites for hydroxylation is 1. The van der Waals surface area contributed by atoms with Gasteiger partial charge in [-0.2, -0.15) is 10.2 Å². The highest BCUT2D eigenvalue weighted by atomic mass is 35.5. The maximum Gasteiger partial charge on any atom is 0.222 e. The van der Waals surface area contributed by atoms with Crippen LogP contribution in [0.3, 0.4) is 0 Å². The van der Waals surface area contributed by atoms with E-state index in [1.807, 2.05) is 24.3 Å². The van der Waals surface area contributed by atoms with E-state index in [9.17, 15) is 0 Å². The Balaban J connectivity index is 2.06. The first-order valence-electron chi connectivity index (χ1n) is 5.46. The molecule has 2 rings (SSSR count). The van der Waals surface area contributed by atoms with Gasteiger partial charge in [0.25, 0.3) is 0 Å². The molecule has 2 aromatic rings. The lowest BCUT2D eigenvalue weighted by molar-refractivity contribution is 1.02. The number of nitrogens with zero attached hydrogens (tertiary/aromatic N) is 4. The Hall–Kier alpha value is -1.84. The third-order valence-electron chi connectivity index (χ3n) is 2.28. The lowest BCUT2D eigenvalue weighted by Crippen LogP contribution is -2.01. The van der Waals surface area contributed by atoms with E-state index in [1.165, 1.54) is 11.8 Å². The van der Waals surface area contributed by atoms with E-state index in [2.05, 4.69) is 15.0 Å². The Bertz CT molecular complexity index is 612. The molecular weight excluding hydrogens is 282 g/mol. The average molecular weight is 292 g/mol. The van der Waals surface area contributed by atoms with Crippen molar-refractivity contribution in [2.45, 2.75) is 11.4 Å². The maximum absolute atomic E-state index is 9.03. The highest BCUT2D eigenvalue weighted by Crippen LogP contribution is 2.26. The van der Waals surface area contributed by atoms with Gasteiger partial charge in [0.05, 0.1) is 0 Å². The van der Waals surface area contributed by atoms with Crippen LogP contribution in [-0.2, 0) is 6.42 Å². The predicted octanol–water partition coefficient (Wildman–Crippen LogP) is 2.31. The van der Waals surface area contributed by atoms with Crippen molar-refractivity contribution in [1.29, 1.82) is 5.26 Å². The predicted molar refractivity (Wildman–Crippen MR) is 74.8 cm³/mol. The number of nitriles is 1. The molecule has 5 nitrogen and oxygen atoms in total. The molecule has 2 N–H and O–H groups in total. The van der Waals surface area contributed by atoms with Gasteiger partial charge in [-0.05, 0) is 18.6 Å². The average Bonchev–Trinajstić information content (AvgIpc) is 2.39. The minimum atomic E-state index is 0.0735. The van der Waals surface area contributed by atoms with Crippen LogP contribution < -0.4 is 5.73 Å². The summed E-state index contributed by atoms with van der Waals surface area (Å²) in [5.41, 5.74) is 6.78. The summed E-state index contributed by atoms with van der Waals surface area (Å²) in [4.78, 5) is 12.0. The number of pyridine rings is 1. The lowest BCUT2D eigenvalue weighted by atomic mass is 10.3. The SMILES string of the molecule is N#Cc1c(Cl)nc(N)nc1SCCc1ccccn1. The molecule has 0 aromatic carbocycles. The van der Waals surface area contributed by atoms with E-state index in [1.54, 1.807) is 6.20 Å². The van der Waals surface area contributed by atoms with Gasteiger partial charge in [-0.25, -0.2) is 4.98 Å². The molecule has 0 saturated heterocycles. The molecule has 0 fully saturated rings. The van der Waals surface area contributed by atoms with Crippen LogP contribution in [0.5, 0.6) is 0 Å². The van der Waals surface area contributed by atoms with Gasteiger partial charge in [-0.3, -0.25) is 4.98 Å². The van der Waals surface area contributed by atoms with Gasteiger partial charge in [-0.1, -0.05) is 17.7 Å². The number of aromatic nitrogens is 3. The van der Waals surface area contributed by atoms with Crippen molar-refractivity contribution < 1.29 is 0 Å². The molecule has 0 saturated carbocycles. The molecule has 0 radical (unpaired) electrons. The highest BCUT2D eigenvalue weighted by Gasteiger charge is 2.12. The van der Waals surface area contributed by atoms with Gasteiger partial charge < -0.3 is 5.73 Å². The van der Waals surface area contributed by atoms with Crippen molar-refractivity contribution in [2.75, 3.05) is 11.5 Å². The van der Waals surface area contributed by atoms with Crippen molar-refractivity contribution in [3.63, 3.8) is 0 Å². The van der Waals surface area contributed by atoms with Gasteiger partial charge in [0.1, 0.15) is 16.7 Å². The first-order valence-corrected chi connectivity index (χ1v) is 6.83. The highest BCUT2D eigenvalue weighted by molar-refractivity contribution is 7.99. The number of thioether (sulfide) groups is 1. The largest absolute Gasteiger partial charge is 0.368 e. The zero-order chi connectivity index (χ0) is 13.7. The maximum atomic E-state index is 9.03. The van der Waals surface area contributed by atoms with Crippen LogP contribution in [0.2, 0.25) is 5.15 Å². The number of rotatable bonds is 4. The Morgan fingerprint density at radius 3 is 2.89 bits per heavy atom. The molecule has 2 heterocycles. The summed E-state index contributed by atoms with van der Waals surface area (Å²) in [7, 11) is 0. The van der Waals surface area contributed by atoms with Crippen LogP contribution in [-0.4, -0.2) is 20.7 Å². The molecule has 96 valence electrons. The second-order valence-corrected chi connectivity index (χ2v) is 5.03. The Kier molecular flexibility index (Phi) is 4.55. The third-order valence-corrected chi connectivity index (χ3v) is 3.53. The molecule has 19 heavy (non-hydrogen) atoms. The molecule has 0 amide bonds. The molecule has 0 aliphatic carbocycles. The van der Waals surface area contributed by atoms with Gasteiger partial charge in [0.15, 0.2) is 5.15 Å². The standard InChI is InChI=1S/C12H10ClN5S/c13-10-9(7-14)11(18-12(15)17-10)19-6-4-8-3-1-2-5-16-8/h1-3,5H,4,6H2,(H2,15,17,18). The number of hydrogen-bond acceptors (Lipinski definition) is 6. The molecule has 0 atom stereocenters. The van der Waals surface area contributed by atoms with Crippen LogP contribution in [0.15, 0.2) is 29.4 Å². The molecule has 0 aliphatic heterocycles. The quantitative estimate of drug-likeness (QED) is 0.687. The summed E-state index contributed by atoms with van der Waals surface area (Å²) < 4.78 is 0. The van der Waals surface area contributed by atoms with Gasteiger partial charge in [-0.15, -0.1) is 11.8 Å². The van der Waals surface area contributed by atoms with Crippen LogP contribution in [0.25, 0.3) is 0 Å². The van der Waals surface area contributed by atoms with E-state index < -0.39 is 0 Å². The molecule has 0 spiro atoms. The Morgan fingerprint density at radius 1 is 1.37 bits per heavy atom. The van der Waals surface area contributed by atoms with Crippen LogP contribution in [0, 0.1) is 11.3 Å². The van der Waals surface area contributed by atoms with Crippen molar-refractivity contribution in [3.05, 3.63) is 40.8 Å². The van der Waals surface area contributed by atoms with Gasteiger partial charge in [0.2, 0.25) is 5.95 Å². The zero-order valence-electron chi connectivity index (χ0n) is 9.88. The summed E-state index contributed by atoms with van der Waals surface area (Å²) in [6, 6.07) is 7.75. The fourth-order valence-electron chi connectivity index (χ4n) is 1.43. The fraction of sp³-hybridized carbons (Fsp3) is 0.167. The van der Waals surface area contributed by atoms with Gasteiger partial charge in [0, 0.05) is 17.6 Å². The molecule has 0 unspecified atom stereocenters. The number of anilines is 1. The molecule has 7 heteroatoms. The van der Waals surface area contributed by atoms with E-state index in [4.69, 9.17) is 22.6 Å². The Labute approximate surface area is 119 Å². The molecule has 0 bridgehead atoms. The van der Waals surface area contributed by atoms with Crippen molar-refractivity contribution in [1.82, 2.24) is 15.0 Å². The summed E-state index contributed by atoms with van der Waals surface area (Å²) in [5.74, 6) is 0.808. The Morgan fingerprint density at radius 2 is 2.21 bits per heavy atom. The summed E-state index contributed by atoms with van der Waals surface area (Å²) in [5, 5.41) is 9.63. The van der Waals surface area contributed by atoms with Crippen LogP contribution in [0.4, 0.5) is 5.95 Å². The molecule has 2 aromatic heterocycles. The third kappa shape index (κ3) is 3.56. The van der Waals surface area contributed by atoms with Crippen LogP contribution >= 0.6 is 23.4 Å². The summed E-state index contributed by atoms with van der Waals surface area (Å²) in [6.07, 6.45) is 2.53. The number of nitrogen functional groups attached to an aromatic ring is 1. The van der Waals surface area contributed by atoms with E-state index >= 15 is 0 Å². The van der Waals surface area contributed by atoms with Crippen molar-refractivity contribution in [3.8, 4) is 6.07 Å². The van der Waals surface area contributed by atoms with E-state index in [-0.39, 0.29) is 16.7 Å². The normalized spacial score (nSPS) is 10.1. The second-order valence-electron chi connectivity index (χ2n) is 3.58. The smallest absolute Gasteiger partial charge is 0.222 e. The fourth-order valence-corrected chi connectivity index (χ4v) is 2.65. The van der Waals surface area contributed by atoms with Crippen molar-refractivity contribution in [2.24, 2.45) is 0 Å². The molecule has 0 aliphatic rings. The number of halogens is 1. The number of hydrogen-bond donors (Lipinski definition) is 1. The second kappa shape index (κ2) is 6.36. The summed E-state index contributed by atoms with van der Waals surface area (Å²) >= 11 is 7.27. The van der Waals surface area contributed by atoms with Gasteiger partial charge >= 0.3 is 0 Å². The minimum Gasteiger partial charge on any atom is -0.368 e. The van der Waals surface area contributed by atoms with Crippen LogP contribution in [0.1, 0.15) is 11.3 Å².